The maximum atomic E-state index is 12.7. The molecule has 2 N–H and O–H groups in total. The number of fused-ring (bicyclic) bond motifs is 1. The van der Waals surface area contributed by atoms with Gasteiger partial charge in [-0.15, -0.1) is 4.40 Å². The standard InChI is InChI=1S/C17H18ClN3O5S3/c1-2-26-10-9-21-15-8-7-14(28(19,22)23)11-16(15)27-17(21)20-29(24,25)13-5-3-12(18)4-6-13/h3-8,11H,2,9-10H2,1H3,(H2,19,22,23). The Hall–Kier alpha value is -1.76. The maximum Gasteiger partial charge on any atom is 0.285 e. The number of halogens is 1. The molecule has 0 bridgehead atoms. The van der Waals surface area contributed by atoms with Crippen molar-refractivity contribution in [2.75, 3.05) is 13.2 Å². The molecule has 0 amide bonds. The number of hydrogen-bond donors (Lipinski definition) is 1. The Bertz CT molecular complexity index is 1310. The number of primary sulfonamides is 1. The zero-order valence-corrected chi connectivity index (χ0v) is 18.5. The third-order valence-corrected chi connectivity index (χ3v) is 7.56. The van der Waals surface area contributed by atoms with Gasteiger partial charge in [-0.1, -0.05) is 22.9 Å². The molecule has 12 heteroatoms. The van der Waals surface area contributed by atoms with Gasteiger partial charge in [-0.05, 0) is 49.4 Å². The molecule has 3 rings (SSSR count). The first-order valence-corrected chi connectivity index (χ1v) is 12.6. The van der Waals surface area contributed by atoms with E-state index in [0.29, 0.717) is 35.0 Å². The third kappa shape index (κ3) is 5.05. The second-order valence-electron chi connectivity index (χ2n) is 5.93. The Morgan fingerprint density at radius 2 is 1.76 bits per heavy atom. The lowest BCUT2D eigenvalue weighted by Gasteiger charge is -2.06. The summed E-state index contributed by atoms with van der Waals surface area (Å²) in [5.74, 6) is 0. The van der Waals surface area contributed by atoms with E-state index in [9.17, 15) is 16.8 Å². The first-order valence-electron chi connectivity index (χ1n) is 8.42. The molecule has 0 saturated heterocycles. The summed E-state index contributed by atoms with van der Waals surface area (Å²) >= 11 is 6.87. The molecule has 0 aliphatic carbocycles. The van der Waals surface area contributed by atoms with Gasteiger partial charge in [-0.3, -0.25) is 0 Å². The molecule has 8 nitrogen and oxygen atoms in total. The van der Waals surface area contributed by atoms with Gasteiger partial charge in [0.05, 0.1) is 26.6 Å². The summed E-state index contributed by atoms with van der Waals surface area (Å²) in [6, 6.07) is 10.0. The van der Waals surface area contributed by atoms with Crippen molar-refractivity contribution in [2.24, 2.45) is 9.54 Å². The van der Waals surface area contributed by atoms with Crippen LogP contribution in [-0.2, 0) is 31.3 Å². The fraction of sp³-hybridized carbons (Fsp3) is 0.235. The van der Waals surface area contributed by atoms with Crippen molar-refractivity contribution in [1.82, 2.24) is 4.57 Å². The molecular weight excluding hydrogens is 458 g/mol. The monoisotopic (exact) mass is 475 g/mol. The minimum Gasteiger partial charge on any atom is -0.380 e. The van der Waals surface area contributed by atoms with Crippen LogP contribution in [0.15, 0.2) is 56.7 Å². The van der Waals surface area contributed by atoms with Crippen molar-refractivity contribution < 1.29 is 21.6 Å². The largest absolute Gasteiger partial charge is 0.380 e. The zero-order valence-electron chi connectivity index (χ0n) is 15.3. The molecular formula is C17H18ClN3O5S3. The van der Waals surface area contributed by atoms with Crippen molar-refractivity contribution in [1.29, 1.82) is 0 Å². The Morgan fingerprint density at radius 3 is 2.38 bits per heavy atom. The fourth-order valence-corrected chi connectivity index (χ4v) is 5.62. The summed E-state index contributed by atoms with van der Waals surface area (Å²) in [6.45, 7) is 3.05. The number of nitrogens with two attached hydrogens (primary N) is 1. The van der Waals surface area contributed by atoms with Gasteiger partial charge in [0.1, 0.15) is 0 Å². The number of sulfonamides is 2. The number of benzene rings is 2. The smallest absolute Gasteiger partial charge is 0.285 e. The van der Waals surface area contributed by atoms with Crippen LogP contribution in [0.2, 0.25) is 5.02 Å². The van der Waals surface area contributed by atoms with Crippen LogP contribution in [0.4, 0.5) is 0 Å². The van der Waals surface area contributed by atoms with Gasteiger partial charge in [0.25, 0.3) is 10.0 Å². The van der Waals surface area contributed by atoms with Crippen molar-refractivity contribution in [3.8, 4) is 0 Å². The number of hydrogen-bond acceptors (Lipinski definition) is 6. The molecule has 0 aliphatic heterocycles. The van der Waals surface area contributed by atoms with Crippen molar-refractivity contribution in [3.63, 3.8) is 0 Å². The SMILES string of the molecule is CCOCCn1c(=NS(=O)(=O)c2ccc(Cl)cc2)sc2cc(S(N)(=O)=O)ccc21. The maximum absolute atomic E-state index is 12.7. The number of nitrogens with zero attached hydrogens (tertiary/aromatic N) is 2. The predicted molar refractivity (Wildman–Crippen MR) is 112 cm³/mol. The molecule has 0 spiro atoms. The summed E-state index contributed by atoms with van der Waals surface area (Å²) in [5, 5.41) is 5.61. The average molecular weight is 476 g/mol. The van der Waals surface area contributed by atoms with Crippen molar-refractivity contribution in [2.45, 2.75) is 23.3 Å². The summed E-state index contributed by atoms with van der Waals surface area (Å²) in [7, 11) is -7.89. The quantitative estimate of drug-likeness (QED) is 0.525. The molecule has 2 aromatic carbocycles. The first-order chi connectivity index (χ1) is 13.6. The van der Waals surface area contributed by atoms with E-state index in [0.717, 1.165) is 11.3 Å². The second-order valence-corrected chi connectivity index (χ2v) is 10.5. The molecule has 29 heavy (non-hydrogen) atoms. The zero-order chi connectivity index (χ0) is 21.2. The van der Waals surface area contributed by atoms with Crippen LogP contribution in [0.25, 0.3) is 10.2 Å². The first kappa shape index (κ1) is 21.9. The molecule has 0 atom stereocenters. The Labute approximate surface area is 177 Å². The summed E-state index contributed by atoms with van der Waals surface area (Å²) in [6.07, 6.45) is 0. The van der Waals surface area contributed by atoms with E-state index in [4.69, 9.17) is 21.5 Å². The van der Waals surface area contributed by atoms with E-state index >= 15 is 0 Å². The third-order valence-electron chi connectivity index (χ3n) is 3.96. The highest BCUT2D eigenvalue weighted by Gasteiger charge is 2.16. The van der Waals surface area contributed by atoms with Crippen LogP contribution in [0.1, 0.15) is 6.92 Å². The Balaban J connectivity index is 2.19. The molecule has 0 saturated carbocycles. The Kier molecular flexibility index (Phi) is 6.46. The van der Waals surface area contributed by atoms with E-state index < -0.39 is 20.0 Å². The van der Waals surface area contributed by atoms with Gasteiger partial charge < -0.3 is 9.30 Å². The molecule has 0 unspecified atom stereocenters. The number of aromatic nitrogens is 1. The van der Waals surface area contributed by atoms with Gasteiger partial charge in [0.2, 0.25) is 14.8 Å². The second kappa shape index (κ2) is 8.54. The summed E-state index contributed by atoms with van der Waals surface area (Å²) in [4.78, 5) is 0.137. The van der Waals surface area contributed by atoms with Crippen LogP contribution in [-0.4, -0.2) is 34.6 Å². The molecule has 156 valence electrons. The lowest BCUT2D eigenvalue weighted by atomic mass is 10.3. The number of rotatable bonds is 7. The van der Waals surface area contributed by atoms with Gasteiger partial charge in [-0.2, -0.15) is 8.42 Å². The van der Waals surface area contributed by atoms with Crippen LogP contribution in [0.3, 0.4) is 0 Å². The van der Waals surface area contributed by atoms with E-state index in [2.05, 4.69) is 4.40 Å². The normalized spacial score (nSPS) is 13.3. The molecule has 0 radical (unpaired) electrons. The van der Waals surface area contributed by atoms with Crippen LogP contribution < -0.4 is 9.94 Å². The van der Waals surface area contributed by atoms with Gasteiger partial charge in [0.15, 0.2) is 0 Å². The van der Waals surface area contributed by atoms with E-state index in [1.807, 2.05) is 6.92 Å². The number of ether oxygens (including phenoxy) is 1. The van der Waals surface area contributed by atoms with E-state index in [1.165, 1.54) is 36.4 Å². The summed E-state index contributed by atoms with van der Waals surface area (Å²) < 4.78 is 60.3. The summed E-state index contributed by atoms with van der Waals surface area (Å²) in [5.41, 5.74) is 0.632. The molecule has 0 fully saturated rings. The van der Waals surface area contributed by atoms with Gasteiger partial charge >= 0.3 is 0 Å². The minimum atomic E-state index is -4.00. The molecule has 1 aromatic heterocycles. The van der Waals surface area contributed by atoms with Crippen LogP contribution in [0.5, 0.6) is 0 Å². The predicted octanol–water partition coefficient (Wildman–Crippen LogP) is 2.33. The fourth-order valence-electron chi connectivity index (χ4n) is 2.58. The van der Waals surface area contributed by atoms with E-state index in [1.54, 1.807) is 10.6 Å². The topological polar surface area (TPSA) is 121 Å². The average Bonchev–Trinajstić information content (AvgIpc) is 2.97. The Morgan fingerprint density at radius 1 is 1.10 bits per heavy atom. The van der Waals surface area contributed by atoms with Gasteiger partial charge in [-0.25, -0.2) is 13.6 Å². The highest BCUT2D eigenvalue weighted by molar-refractivity contribution is 7.90. The lowest BCUT2D eigenvalue weighted by molar-refractivity contribution is 0.139. The van der Waals surface area contributed by atoms with Crippen LogP contribution in [0, 0.1) is 0 Å². The van der Waals surface area contributed by atoms with Crippen molar-refractivity contribution in [3.05, 3.63) is 52.3 Å². The highest BCUT2D eigenvalue weighted by atomic mass is 35.5. The molecule has 1 heterocycles. The highest BCUT2D eigenvalue weighted by Crippen LogP contribution is 2.22. The molecule has 0 aliphatic rings. The van der Waals surface area contributed by atoms with Crippen molar-refractivity contribution >= 4 is 53.2 Å². The lowest BCUT2D eigenvalue weighted by Crippen LogP contribution is -2.20. The van der Waals surface area contributed by atoms with Gasteiger partial charge in [0, 0.05) is 18.2 Å². The van der Waals surface area contributed by atoms with Crippen LogP contribution >= 0.6 is 22.9 Å². The molecule has 3 aromatic rings. The minimum absolute atomic E-state index is 0.000870. The van der Waals surface area contributed by atoms with E-state index in [-0.39, 0.29) is 14.6 Å². The number of thiazole rings is 1.